The molecule has 0 aromatic carbocycles. The van der Waals surface area contributed by atoms with Gasteiger partial charge < -0.3 is 14.9 Å². The van der Waals surface area contributed by atoms with Gasteiger partial charge in [-0.15, -0.1) is 0 Å². The zero-order valence-corrected chi connectivity index (χ0v) is 28.4. The lowest BCUT2D eigenvalue weighted by Crippen LogP contribution is -2.56. The first-order valence-corrected chi connectivity index (χ1v) is 15.9. The van der Waals surface area contributed by atoms with E-state index in [0.29, 0.717) is 6.42 Å². The molecule has 234 valence electrons. The van der Waals surface area contributed by atoms with Crippen molar-refractivity contribution in [3.8, 4) is 0 Å². The van der Waals surface area contributed by atoms with E-state index in [0.717, 1.165) is 30.4 Å². The van der Waals surface area contributed by atoms with Crippen molar-refractivity contribution in [1.82, 2.24) is 0 Å². The van der Waals surface area contributed by atoms with Gasteiger partial charge in [0.15, 0.2) is 0 Å². The summed E-state index contributed by atoms with van der Waals surface area (Å²) < 4.78 is 6.31. The molecule has 0 saturated carbocycles. The number of fused-ring (bicyclic) bond motifs is 2. The van der Waals surface area contributed by atoms with E-state index < -0.39 is 11.2 Å². The first-order valence-electron chi connectivity index (χ1n) is 15.9. The van der Waals surface area contributed by atoms with Crippen molar-refractivity contribution in [3.05, 3.63) is 119 Å². The number of ether oxygens (including phenoxy) is 1. The van der Waals surface area contributed by atoms with E-state index in [4.69, 9.17) is 4.74 Å². The molecule has 0 spiro atoms. The van der Waals surface area contributed by atoms with Crippen LogP contribution in [0.2, 0.25) is 0 Å². The fraction of sp³-hybridized carbons (Fsp3) is 0.500. The monoisotopic (exact) mass is 584 g/mol. The van der Waals surface area contributed by atoms with Gasteiger partial charge in [-0.1, -0.05) is 135 Å². The van der Waals surface area contributed by atoms with E-state index in [9.17, 15) is 10.2 Å². The largest absolute Gasteiger partial charge is 0.393 e. The molecule has 3 aliphatic rings. The van der Waals surface area contributed by atoms with Gasteiger partial charge in [-0.2, -0.15) is 0 Å². The smallest absolute Gasteiger partial charge is 0.120 e. The van der Waals surface area contributed by atoms with Crippen molar-refractivity contribution >= 4 is 0 Å². The van der Waals surface area contributed by atoms with Crippen molar-refractivity contribution in [2.45, 2.75) is 118 Å². The average molecular weight is 585 g/mol. The molecule has 4 atom stereocenters. The van der Waals surface area contributed by atoms with Crippen molar-refractivity contribution < 1.29 is 14.9 Å². The first-order chi connectivity index (χ1) is 20.0. The van der Waals surface area contributed by atoms with Crippen LogP contribution in [0.25, 0.3) is 0 Å². The zero-order valence-electron chi connectivity index (χ0n) is 28.4. The summed E-state index contributed by atoms with van der Waals surface area (Å²) in [5, 5.41) is 21.2. The summed E-state index contributed by atoms with van der Waals surface area (Å²) >= 11 is 0. The first kappa shape index (κ1) is 34.8. The molecule has 3 nitrogen and oxygen atoms in total. The van der Waals surface area contributed by atoms with Crippen LogP contribution >= 0.6 is 0 Å². The molecule has 2 saturated heterocycles. The highest BCUT2D eigenvalue weighted by Gasteiger charge is 2.67. The Kier molecular flexibility index (Phi) is 11.3. The van der Waals surface area contributed by atoms with Gasteiger partial charge in [0.25, 0.3) is 0 Å². The van der Waals surface area contributed by atoms with Crippen molar-refractivity contribution in [1.29, 1.82) is 0 Å². The topological polar surface area (TPSA) is 49.7 Å². The molecule has 2 fully saturated rings. The second-order valence-electron chi connectivity index (χ2n) is 14.6. The van der Waals surface area contributed by atoms with Gasteiger partial charge in [-0.3, -0.25) is 0 Å². The fourth-order valence-electron chi connectivity index (χ4n) is 7.18. The highest BCUT2D eigenvalue weighted by atomic mass is 16.5. The molecule has 3 heteroatoms. The number of allylic oxidation sites excluding steroid dienone is 18. The van der Waals surface area contributed by atoms with Crippen LogP contribution in [0.3, 0.4) is 0 Å². The van der Waals surface area contributed by atoms with Gasteiger partial charge in [0, 0.05) is 11.8 Å². The molecule has 0 aromatic rings. The van der Waals surface area contributed by atoms with E-state index in [1.807, 2.05) is 6.92 Å². The number of rotatable bonds is 10. The summed E-state index contributed by atoms with van der Waals surface area (Å²) in [5.41, 5.74) is 5.72. The number of hydrogen-bond acceptors (Lipinski definition) is 3. The normalized spacial score (nSPS) is 32.3. The minimum Gasteiger partial charge on any atom is -0.393 e. The van der Waals surface area contributed by atoms with Gasteiger partial charge in [0.1, 0.15) is 5.60 Å². The van der Waals surface area contributed by atoms with Crippen molar-refractivity contribution in [3.63, 3.8) is 0 Å². The molecule has 4 unspecified atom stereocenters. The van der Waals surface area contributed by atoms with Crippen LogP contribution in [0.1, 0.15) is 94.9 Å². The Morgan fingerprint density at radius 1 is 0.721 bits per heavy atom. The number of aliphatic hydroxyl groups is 2. The third kappa shape index (κ3) is 8.69. The van der Waals surface area contributed by atoms with Gasteiger partial charge in [-0.05, 0) is 77.9 Å². The van der Waals surface area contributed by atoms with E-state index in [-0.39, 0.29) is 23.0 Å². The van der Waals surface area contributed by atoms with E-state index in [2.05, 4.69) is 147 Å². The molecular weight excluding hydrogens is 528 g/mol. The van der Waals surface area contributed by atoms with E-state index in [1.54, 1.807) is 0 Å². The highest BCUT2D eigenvalue weighted by molar-refractivity contribution is 5.38. The minimum atomic E-state index is -0.844. The van der Waals surface area contributed by atoms with Crippen LogP contribution in [0.4, 0.5) is 0 Å². The van der Waals surface area contributed by atoms with Crippen LogP contribution in [-0.2, 0) is 4.74 Å². The summed E-state index contributed by atoms with van der Waals surface area (Å²) in [6.45, 7) is 21.3. The Morgan fingerprint density at radius 3 is 1.74 bits per heavy atom. The molecular formula is C40H56O3. The maximum absolute atomic E-state index is 11.1. The second-order valence-corrected chi connectivity index (χ2v) is 14.6. The number of aliphatic hydroxyl groups excluding tert-OH is 1. The SMILES string of the molecule is CC(C=CC=C(C)C=CC1=C(C)CC(O)CC1(C)C)=CC=CC=C(C)C=CC=C(C)C=CC12OC(CC1(C)C)CC2(C)O. The van der Waals surface area contributed by atoms with Crippen LogP contribution in [0.5, 0.6) is 0 Å². The Balaban J connectivity index is 1.52. The molecule has 0 amide bonds. The van der Waals surface area contributed by atoms with Gasteiger partial charge in [0.2, 0.25) is 0 Å². The van der Waals surface area contributed by atoms with Crippen molar-refractivity contribution in [2.24, 2.45) is 10.8 Å². The lowest BCUT2D eigenvalue weighted by molar-refractivity contribution is -0.115. The summed E-state index contributed by atoms with van der Waals surface area (Å²) in [7, 11) is 0. The fourth-order valence-corrected chi connectivity index (χ4v) is 7.18. The second kappa shape index (κ2) is 13.9. The molecule has 1 aliphatic carbocycles. The van der Waals surface area contributed by atoms with Gasteiger partial charge in [-0.25, -0.2) is 0 Å². The third-order valence-electron chi connectivity index (χ3n) is 9.36. The Bertz CT molecular complexity index is 1310. The predicted octanol–water partition coefficient (Wildman–Crippen LogP) is 9.76. The molecule has 3 rings (SSSR count). The molecule has 43 heavy (non-hydrogen) atoms. The molecule has 0 aromatic heterocycles. The van der Waals surface area contributed by atoms with E-state index in [1.165, 1.54) is 22.3 Å². The average Bonchev–Trinajstić information content (AvgIpc) is 3.28. The van der Waals surface area contributed by atoms with Crippen LogP contribution in [0, 0.1) is 10.8 Å². The summed E-state index contributed by atoms with van der Waals surface area (Å²) in [5.74, 6) is 0. The third-order valence-corrected chi connectivity index (χ3v) is 9.36. The molecule has 0 radical (unpaired) electrons. The maximum Gasteiger partial charge on any atom is 0.120 e. The zero-order chi connectivity index (χ0) is 32.1. The molecule has 2 bridgehead atoms. The Morgan fingerprint density at radius 2 is 1.23 bits per heavy atom. The quantitative estimate of drug-likeness (QED) is 0.251. The predicted molar refractivity (Wildman–Crippen MR) is 184 cm³/mol. The minimum absolute atomic E-state index is 0.00123. The maximum atomic E-state index is 11.1. The highest BCUT2D eigenvalue weighted by Crippen LogP contribution is 2.60. The lowest BCUT2D eigenvalue weighted by Gasteiger charge is -2.46. The lowest BCUT2D eigenvalue weighted by atomic mass is 9.61. The number of hydrogen-bond donors (Lipinski definition) is 2. The van der Waals surface area contributed by atoms with E-state index >= 15 is 0 Å². The molecule has 2 heterocycles. The molecule has 2 aliphatic heterocycles. The molecule has 2 N–H and O–H groups in total. The van der Waals surface area contributed by atoms with Crippen LogP contribution < -0.4 is 0 Å². The summed E-state index contributed by atoms with van der Waals surface area (Å²) in [6, 6.07) is 0. The van der Waals surface area contributed by atoms with Gasteiger partial charge >= 0.3 is 0 Å². The van der Waals surface area contributed by atoms with Crippen LogP contribution in [0.15, 0.2) is 119 Å². The van der Waals surface area contributed by atoms with Crippen LogP contribution in [-0.4, -0.2) is 33.6 Å². The standard InChI is InChI=1S/C40H56O3/c1-29(17-13-19-31(3)21-22-36-33(5)25-34(41)26-37(36,6)7)15-11-12-16-30(2)18-14-20-32(4)23-24-40-38(8,9)27-35(43-40)28-39(40,10)42/h11-24,34-35,41-42H,25-28H2,1-10H3. The van der Waals surface area contributed by atoms with Gasteiger partial charge in [0.05, 0.1) is 17.8 Å². The Hall–Kier alpha value is -2.72. The van der Waals surface area contributed by atoms with Crippen molar-refractivity contribution in [2.75, 3.05) is 0 Å². The Labute approximate surface area is 262 Å². The summed E-state index contributed by atoms with van der Waals surface area (Å²) in [4.78, 5) is 0. The summed E-state index contributed by atoms with van der Waals surface area (Å²) in [6.07, 6.45) is 32.7.